The number of ketones is 1. The molecule has 2 N–H and O–H groups in total. The van der Waals surface area contributed by atoms with Crippen molar-refractivity contribution in [1.29, 1.82) is 5.26 Å². The molecule has 5 rings (SSSR count). The highest BCUT2D eigenvalue weighted by atomic mass is 16.6. The normalized spacial score (nSPS) is 15.2. The average Bonchev–Trinajstić information content (AvgIpc) is 3.17. The summed E-state index contributed by atoms with van der Waals surface area (Å²) >= 11 is 0. The highest BCUT2D eigenvalue weighted by Crippen LogP contribution is 2.40. The number of anilines is 2. The third-order valence-electron chi connectivity index (χ3n) is 5.53. The molecule has 0 saturated heterocycles. The van der Waals surface area contributed by atoms with Crippen LogP contribution in [0.4, 0.5) is 11.4 Å². The van der Waals surface area contributed by atoms with Crippen LogP contribution in [-0.2, 0) is 4.79 Å². The van der Waals surface area contributed by atoms with E-state index in [9.17, 15) is 9.59 Å². The number of amides is 1. The summed E-state index contributed by atoms with van der Waals surface area (Å²) in [5, 5.41) is 15.3. The zero-order chi connectivity index (χ0) is 22.9. The molecule has 0 aromatic heterocycles. The fraction of sp³-hybridized carbons (Fsp3) is 0.115. The predicted octanol–water partition coefficient (Wildman–Crippen LogP) is 4.46. The molecule has 0 saturated carbocycles. The summed E-state index contributed by atoms with van der Waals surface area (Å²) in [7, 11) is 0. The van der Waals surface area contributed by atoms with Gasteiger partial charge in [-0.2, -0.15) is 5.26 Å². The maximum absolute atomic E-state index is 13.1. The smallest absolute Gasteiger partial charge is 0.258 e. The van der Waals surface area contributed by atoms with E-state index in [0.717, 1.165) is 5.56 Å². The van der Waals surface area contributed by atoms with Crippen LogP contribution in [0.3, 0.4) is 0 Å². The van der Waals surface area contributed by atoms with E-state index in [2.05, 4.69) is 16.7 Å². The molecule has 0 spiro atoms. The maximum Gasteiger partial charge on any atom is 0.258 e. The van der Waals surface area contributed by atoms with E-state index in [1.54, 1.807) is 42.5 Å². The summed E-state index contributed by atoms with van der Waals surface area (Å²) in [6.07, 6.45) is 0. The fourth-order valence-corrected chi connectivity index (χ4v) is 3.88. The molecule has 3 aromatic rings. The Bertz CT molecular complexity index is 1370. The SMILES string of the molecule is CC(=O)c1ccc2c(c1)/C(=C(/Nc1ccc(C#N)cc1)c1ccc3c(c1)OCCO3)C(=O)N2. The molecular weight excluding hydrogens is 418 g/mol. The summed E-state index contributed by atoms with van der Waals surface area (Å²) < 4.78 is 11.4. The molecule has 0 fully saturated rings. The van der Waals surface area contributed by atoms with Gasteiger partial charge in [-0.25, -0.2) is 0 Å². The quantitative estimate of drug-likeness (QED) is 0.462. The zero-order valence-corrected chi connectivity index (χ0v) is 17.8. The van der Waals surface area contributed by atoms with E-state index in [4.69, 9.17) is 14.7 Å². The molecule has 0 aliphatic carbocycles. The second-order valence-corrected chi connectivity index (χ2v) is 7.69. The number of Topliss-reactive ketones (excluding diaryl/α,β-unsaturated/α-hetero) is 1. The fourth-order valence-electron chi connectivity index (χ4n) is 3.88. The molecule has 2 aliphatic heterocycles. The minimum Gasteiger partial charge on any atom is -0.486 e. The van der Waals surface area contributed by atoms with Crippen LogP contribution in [0.2, 0.25) is 0 Å². The number of carbonyl (C=O) groups is 2. The van der Waals surface area contributed by atoms with Gasteiger partial charge in [-0.05, 0) is 67.6 Å². The van der Waals surface area contributed by atoms with Gasteiger partial charge in [0.15, 0.2) is 17.3 Å². The van der Waals surface area contributed by atoms with E-state index in [1.165, 1.54) is 6.92 Å². The number of hydrogen-bond donors (Lipinski definition) is 2. The Morgan fingerprint density at radius 2 is 1.70 bits per heavy atom. The second kappa shape index (κ2) is 8.17. The highest BCUT2D eigenvalue weighted by molar-refractivity contribution is 6.37. The number of hydrogen-bond acceptors (Lipinski definition) is 6. The lowest BCUT2D eigenvalue weighted by atomic mass is 9.97. The van der Waals surface area contributed by atoms with Gasteiger partial charge in [-0.15, -0.1) is 0 Å². The van der Waals surface area contributed by atoms with Crippen molar-refractivity contribution in [2.45, 2.75) is 6.92 Å². The predicted molar refractivity (Wildman–Crippen MR) is 124 cm³/mol. The number of rotatable bonds is 4. The molecule has 7 nitrogen and oxygen atoms in total. The minimum absolute atomic E-state index is 0.0857. The summed E-state index contributed by atoms with van der Waals surface area (Å²) in [5.41, 5.74) is 4.70. The van der Waals surface area contributed by atoms with E-state index in [0.29, 0.717) is 64.0 Å². The summed E-state index contributed by atoms with van der Waals surface area (Å²) in [5.74, 6) is 0.867. The molecule has 2 aliphatic rings. The van der Waals surface area contributed by atoms with Gasteiger partial charge in [0.25, 0.3) is 5.91 Å². The van der Waals surface area contributed by atoms with Crippen molar-refractivity contribution in [3.63, 3.8) is 0 Å². The molecule has 7 heteroatoms. The number of carbonyl (C=O) groups excluding carboxylic acids is 2. The first-order valence-corrected chi connectivity index (χ1v) is 10.4. The highest BCUT2D eigenvalue weighted by Gasteiger charge is 2.29. The Morgan fingerprint density at radius 1 is 0.970 bits per heavy atom. The summed E-state index contributed by atoms with van der Waals surface area (Å²) in [6, 6.07) is 19.7. The first-order valence-electron chi connectivity index (χ1n) is 10.4. The average molecular weight is 437 g/mol. The van der Waals surface area contributed by atoms with Crippen LogP contribution in [0.1, 0.15) is 34.0 Å². The summed E-state index contributed by atoms with van der Waals surface area (Å²) in [4.78, 5) is 25.1. The third kappa shape index (κ3) is 3.79. The molecule has 0 unspecified atom stereocenters. The zero-order valence-electron chi connectivity index (χ0n) is 17.8. The van der Waals surface area contributed by atoms with Crippen LogP contribution in [0.5, 0.6) is 11.5 Å². The lowest BCUT2D eigenvalue weighted by Crippen LogP contribution is -2.16. The monoisotopic (exact) mass is 437 g/mol. The van der Waals surface area contributed by atoms with Crippen LogP contribution in [0.15, 0.2) is 60.7 Å². The largest absolute Gasteiger partial charge is 0.486 e. The number of nitrogens with one attached hydrogen (secondary N) is 2. The van der Waals surface area contributed by atoms with Gasteiger partial charge in [0, 0.05) is 28.1 Å². The van der Waals surface area contributed by atoms with Crippen LogP contribution < -0.4 is 20.1 Å². The van der Waals surface area contributed by atoms with Crippen molar-refractivity contribution in [2.75, 3.05) is 23.8 Å². The lowest BCUT2D eigenvalue weighted by Gasteiger charge is -2.21. The summed E-state index contributed by atoms with van der Waals surface area (Å²) in [6.45, 7) is 2.41. The Hall–Kier alpha value is -4.57. The lowest BCUT2D eigenvalue weighted by molar-refractivity contribution is -0.110. The topological polar surface area (TPSA) is 100 Å². The maximum atomic E-state index is 13.1. The van der Waals surface area contributed by atoms with Gasteiger partial charge in [-0.3, -0.25) is 9.59 Å². The van der Waals surface area contributed by atoms with Crippen LogP contribution in [0.25, 0.3) is 11.3 Å². The number of fused-ring (bicyclic) bond motifs is 2. The van der Waals surface area contributed by atoms with Crippen LogP contribution in [-0.4, -0.2) is 24.9 Å². The standard InChI is InChI=1S/C26H19N3O4/c1-15(30)17-4-8-21-20(12-17)24(26(31)29-21)25(28-19-6-2-16(14-27)3-7-19)18-5-9-22-23(13-18)33-11-10-32-22/h2-9,12-13,28H,10-11H2,1H3,(H,29,31)/b25-24-. The van der Waals surface area contributed by atoms with Gasteiger partial charge in [0.1, 0.15) is 13.2 Å². The molecule has 2 heterocycles. The molecule has 33 heavy (non-hydrogen) atoms. The molecule has 0 bridgehead atoms. The van der Waals surface area contributed by atoms with Crippen molar-refractivity contribution in [3.05, 3.63) is 82.9 Å². The molecule has 3 aromatic carbocycles. The van der Waals surface area contributed by atoms with Gasteiger partial charge in [0.05, 0.1) is 22.9 Å². The van der Waals surface area contributed by atoms with E-state index >= 15 is 0 Å². The Labute approximate surface area is 190 Å². The molecular formula is C26H19N3O4. The van der Waals surface area contributed by atoms with Crippen molar-refractivity contribution >= 4 is 34.3 Å². The number of nitrogens with zero attached hydrogens (tertiary/aromatic N) is 1. The molecule has 1 amide bonds. The minimum atomic E-state index is -0.281. The Kier molecular flexibility index (Phi) is 5.04. The van der Waals surface area contributed by atoms with Crippen molar-refractivity contribution < 1.29 is 19.1 Å². The van der Waals surface area contributed by atoms with Crippen LogP contribution in [0, 0.1) is 11.3 Å². The number of benzene rings is 3. The first-order chi connectivity index (χ1) is 16.0. The van der Waals surface area contributed by atoms with E-state index in [-0.39, 0.29) is 11.7 Å². The Balaban J connectivity index is 1.69. The Morgan fingerprint density at radius 3 is 2.42 bits per heavy atom. The van der Waals surface area contributed by atoms with Gasteiger partial charge in [0.2, 0.25) is 0 Å². The van der Waals surface area contributed by atoms with Gasteiger partial charge < -0.3 is 20.1 Å². The van der Waals surface area contributed by atoms with Gasteiger partial charge in [-0.1, -0.05) is 0 Å². The van der Waals surface area contributed by atoms with Crippen molar-refractivity contribution in [1.82, 2.24) is 0 Å². The van der Waals surface area contributed by atoms with Crippen molar-refractivity contribution in [3.8, 4) is 17.6 Å². The van der Waals surface area contributed by atoms with Crippen LogP contribution >= 0.6 is 0 Å². The molecule has 0 atom stereocenters. The second-order valence-electron chi connectivity index (χ2n) is 7.69. The van der Waals surface area contributed by atoms with E-state index < -0.39 is 0 Å². The molecule has 0 radical (unpaired) electrons. The number of nitriles is 1. The van der Waals surface area contributed by atoms with Gasteiger partial charge >= 0.3 is 0 Å². The molecule has 162 valence electrons. The first kappa shape index (κ1) is 20.3. The third-order valence-corrected chi connectivity index (χ3v) is 5.53. The number of ether oxygens (including phenoxy) is 2. The van der Waals surface area contributed by atoms with Crippen molar-refractivity contribution in [2.24, 2.45) is 0 Å². The van der Waals surface area contributed by atoms with E-state index in [1.807, 2.05) is 18.2 Å².